The highest BCUT2D eigenvalue weighted by molar-refractivity contribution is 7.10. The molecule has 0 saturated carbocycles. The van der Waals surface area contributed by atoms with E-state index in [-0.39, 0.29) is 30.3 Å². The van der Waals surface area contributed by atoms with Crippen LogP contribution in [0.15, 0.2) is 17.5 Å². The molecule has 6 heteroatoms. The van der Waals surface area contributed by atoms with Gasteiger partial charge < -0.3 is 14.8 Å². The number of nitrogens with one attached hydrogen (secondary N) is 1. The molecule has 2 aliphatic rings. The molecule has 3 rings (SSSR count). The highest BCUT2D eigenvalue weighted by atomic mass is 32.1. The van der Waals surface area contributed by atoms with Crippen LogP contribution in [0.25, 0.3) is 0 Å². The van der Waals surface area contributed by atoms with Crippen LogP contribution in [-0.4, -0.2) is 55.4 Å². The number of esters is 1. The first-order chi connectivity index (χ1) is 10.6. The third kappa shape index (κ3) is 3.68. The molecule has 1 aromatic rings. The predicted molar refractivity (Wildman–Crippen MR) is 86.0 cm³/mol. The number of nitrogens with zero attached hydrogens (tertiary/aromatic N) is 1. The molecule has 0 radical (unpaired) electrons. The Morgan fingerprint density at radius 1 is 1.45 bits per heavy atom. The topological polar surface area (TPSA) is 50.8 Å². The minimum Gasteiger partial charge on any atom is -0.461 e. The quantitative estimate of drug-likeness (QED) is 0.837. The lowest BCUT2D eigenvalue weighted by molar-refractivity contribution is -0.142. The Morgan fingerprint density at radius 2 is 2.32 bits per heavy atom. The molecule has 0 spiro atoms. The number of thiophene rings is 1. The minimum absolute atomic E-state index is 0.0218. The van der Waals surface area contributed by atoms with E-state index in [0.717, 1.165) is 32.7 Å². The monoisotopic (exact) mass is 324 g/mol. The van der Waals surface area contributed by atoms with Crippen LogP contribution in [0.2, 0.25) is 0 Å². The van der Waals surface area contributed by atoms with Gasteiger partial charge in [-0.15, -0.1) is 11.3 Å². The first-order valence-electron chi connectivity index (χ1n) is 7.96. The number of cyclic esters (lactones) is 1. The van der Waals surface area contributed by atoms with Gasteiger partial charge in [0.15, 0.2) is 0 Å². The van der Waals surface area contributed by atoms with Crippen LogP contribution >= 0.6 is 11.3 Å². The van der Waals surface area contributed by atoms with E-state index in [1.807, 2.05) is 6.92 Å². The van der Waals surface area contributed by atoms with E-state index >= 15 is 0 Å². The second kappa shape index (κ2) is 7.08. The normalized spacial score (nSPS) is 31.2. The van der Waals surface area contributed by atoms with Gasteiger partial charge in [-0.25, -0.2) is 0 Å². The maximum Gasteiger partial charge on any atom is 0.323 e. The van der Waals surface area contributed by atoms with E-state index in [4.69, 9.17) is 9.47 Å². The highest BCUT2D eigenvalue weighted by Gasteiger charge is 2.33. The average molecular weight is 324 g/mol. The summed E-state index contributed by atoms with van der Waals surface area (Å²) in [5, 5.41) is 5.52. The smallest absolute Gasteiger partial charge is 0.323 e. The summed E-state index contributed by atoms with van der Waals surface area (Å²) in [6, 6.07) is 4.38. The van der Waals surface area contributed by atoms with E-state index in [2.05, 4.69) is 34.7 Å². The van der Waals surface area contributed by atoms with Crippen LogP contribution in [0.5, 0.6) is 0 Å². The molecule has 2 fully saturated rings. The number of ether oxygens (including phenoxy) is 2. The van der Waals surface area contributed by atoms with E-state index in [1.165, 1.54) is 4.88 Å². The van der Waals surface area contributed by atoms with E-state index in [1.54, 1.807) is 11.3 Å². The van der Waals surface area contributed by atoms with Gasteiger partial charge in [0.25, 0.3) is 0 Å². The van der Waals surface area contributed by atoms with Crippen molar-refractivity contribution in [1.29, 1.82) is 0 Å². The number of hydrogen-bond acceptors (Lipinski definition) is 6. The zero-order valence-electron chi connectivity index (χ0n) is 13.2. The van der Waals surface area contributed by atoms with Crippen molar-refractivity contribution in [1.82, 2.24) is 10.2 Å². The van der Waals surface area contributed by atoms with Crippen molar-refractivity contribution in [2.24, 2.45) is 0 Å². The average Bonchev–Trinajstić information content (AvgIpc) is 3.10. The summed E-state index contributed by atoms with van der Waals surface area (Å²) >= 11 is 1.77. The van der Waals surface area contributed by atoms with Gasteiger partial charge in [-0.2, -0.15) is 0 Å². The molecule has 5 nitrogen and oxygen atoms in total. The van der Waals surface area contributed by atoms with Crippen LogP contribution in [0.4, 0.5) is 0 Å². The second-order valence-electron chi connectivity index (χ2n) is 6.15. The molecule has 0 aliphatic carbocycles. The predicted octanol–water partition coefficient (Wildman–Crippen LogP) is 1.80. The van der Waals surface area contributed by atoms with Crippen LogP contribution in [0.1, 0.15) is 31.2 Å². The molecule has 122 valence electrons. The summed E-state index contributed by atoms with van der Waals surface area (Å²) in [6.45, 7) is 7.45. The van der Waals surface area contributed by atoms with Crippen molar-refractivity contribution < 1.29 is 14.3 Å². The first kappa shape index (κ1) is 15.9. The zero-order valence-corrected chi connectivity index (χ0v) is 14.0. The van der Waals surface area contributed by atoms with Crippen LogP contribution in [-0.2, 0) is 14.3 Å². The molecule has 0 amide bonds. The van der Waals surface area contributed by atoms with Crippen molar-refractivity contribution in [2.45, 2.75) is 44.6 Å². The second-order valence-corrected chi connectivity index (χ2v) is 7.13. The zero-order chi connectivity index (χ0) is 15.5. The maximum atomic E-state index is 11.8. The van der Waals surface area contributed by atoms with Gasteiger partial charge in [-0.05, 0) is 25.3 Å². The fraction of sp³-hybridized carbons (Fsp3) is 0.688. The summed E-state index contributed by atoms with van der Waals surface area (Å²) in [4.78, 5) is 15.6. The lowest BCUT2D eigenvalue weighted by atomic mass is 10.1. The molecule has 22 heavy (non-hydrogen) atoms. The van der Waals surface area contributed by atoms with E-state index < -0.39 is 0 Å². The molecule has 0 unspecified atom stereocenters. The SMILES string of the molecule is C[C@@H]1CN([C@H](CN[C@@H]2C[C@H](C)OC2=O)c2cccs2)CCO1. The molecule has 0 bridgehead atoms. The molecule has 1 aromatic heterocycles. The van der Waals surface area contributed by atoms with E-state index in [9.17, 15) is 4.79 Å². The van der Waals surface area contributed by atoms with Crippen LogP contribution < -0.4 is 5.32 Å². The largest absolute Gasteiger partial charge is 0.461 e. The van der Waals surface area contributed by atoms with Crippen molar-refractivity contribution in [3.8, 4) is 0 Å². The van der Waals surface area contributed by atoms with Crippen molar-refractivity contribution in [2.75, 3.05) is 26.2 Å². The number of carbonyl (C=O) groups is 1. The molecular weight excluding hydrogens is 300 g/mol. The number of carbonyl (C=O) groups excluding carboxylic acids is 1. The molecule has 4 atom stereocenters. The Morgan fingerprint density at radius 3 is 2.95 bits per heavy atom. The van der Waals surface area contributed by atoms with Gasteiger partial charge in [-0.1, -0.05) is 6.07 Å². The Bertz CT molecular complexity index is 494. The Hall–Kier alpha value is -0.950. The number of rotatable bonds is 5. The third-order valence-corrected chi connectivity index (χ3v) is 5.29. The lowest BCUT2D eigenvalue weighted by Crippen LogP contribution is -2.47. The van der Waals surface area contributed by atoms with E-state index in [0.29, 0.717) is 0 Å². The standard InChI is InChI=1S/C16H24N2O3S/c1-11-8-13(16(19)21-11)17-9-14(15-4-3-7-22-15)18-5-6-20-12(2)10-18/h3-4,7,11-14,17H,5-6,8-10H2,1-2H3/t11-,12+,13+,14+/m0/s1. The first-order valence-corrected chi connectivity index (χ1v) is 8.84. The fourth-order valence-corrected chi connectivity index (χ4v) is 4.06. The number of hydrogen-bond donors (Lipinski definition) is 1. The molecule has 0 aromatic carbocycles. The van der Waals surface area contributed by atoms with Crippen LogP contribution in [0.3, 0.4) is 0 Å². The van der Waals surface area contributed by atoms with Gasteiger partial charge in [0.1, 0.15) is 12.1 Å². The number of morpholine rings is 1. The molecule has 3 heterocycles. The van der Waals surface area contributed by atoms with Gasteiger partial charge in [0.05, 0.1) is 18.8 Å². The Labute approximate surface area is 135 Å². The third-order valence-electron chi connectivity index (χ3n) is 4.31. The fourth-order valence-electron chi connectivity index (χ4n) is 3.20. The van der Waals surface area contributed by atoms with Crippen molar-refractivity contribution in [3.63, 3.8) is 0 Å². The van der Waals surface area contributed by atoms with Crippen LogP contribution in [0, 0.1) is 0 Å². The summed E-state index contributed by atoms with van der Waals surface area (Å²) < 4.78 is 10.9. The summed E-state index contributed by atoms with van der Waals surface area (Å²) in [6.07, 6.45) is 1.04. The molecular formula is C16H24N2O3S. The summed E-state index contributed by atoms with van der Waals surface area (Å²) in [7, 11) is 0. The van der Waals surface area contributed by atoms with Crippen molar-refractivity contribution in [3.05, 3.63) is 22.4 Å². The Kier molecular flexibility index (Phi) is 5.13. The molecule has 2 aliphatic heterocycles. The van der Waals surface area contributed by atoms with Gasteiger partial charge in [0.2, 0.25) is 0 Å². The van der Waals surface area contributed by atoms with Crippen molar-refractivity contribution >= 4 is 17.3 Å². The van der Waals surface area contributed by atoms with Gasteiger partial charge >= 0.3 is 5.97 Å². The summed E-state index contributed by atoms with van der Waals surface area (Å²) in [5.41, 5.74) is 0. The molecule has 1 N–H and O–H groups in total. The lowest BCUT2D eigenvalue weighted by Gasteiger charge is -2.37. The van der Waals surface area contributed by atoms with Gasteiger partial charge in [-0.3, -0.25) is 9.69 Å². The highest BCUT2D eigenvalue weighted by Crippen LogP contribution is 2.27. The maximum absolute atomic E-state index is 11.8. The van der Waals surface area contributed by atoms with Gasteiger partial charge in [0, 0.05) is 30.9 Å². The molecule has 2 saturated heterocycles. The minimum atomic E-state index is -0.170. The summed E-state index contributed by atoms with van der Waals surface area (Å²) in [5.74, 6) is -0.118. The Balaban J connectivity index is 1.65.